The van der Waals surface area contributed by atoms with Crippen LogP contribution in [0.1, 0.15) is 29.5 Å². The fraction of sp³-hybridized carbons (Fsp3) is 0.304. The molecular weight excluding hydrogens is 414 g/mol. The Balaban J connectivity index is 1.55. The Kier molecular flexibility index (Phi) is 6.07. The summed E-state index contributed by atoms with van der Waals surface area (Å²) < 4.78 is 21.9. The number of aromatic nitrogens is 2. The first kappa shape index (κ1) is 21.4. The van der Waals surface area contributed by atoms with Crippen LogP contribution in [0.3, 0.4) is 0 Å². The summed E-state index contributed by atoms with van der Waals surface area (Å²) in [5.74, 6) is 2.46. The minimum Gasteiger partial charge on any atom is -0.497 e. The predicted molar refractivity (Wildman–Crippen MR) is 116 cm³/mol. The maximum absolute atomic E-state index is 12.7. The number of methoxy groups -OCH3 is 1. The highest BCUT2D eigenvalue weighted by Gasteiger charge is 2.23. The zero-order valence-electron chi connectivity index (χ0n) is 18.1. The number of nitrogens with zero attached hydrogens (tertiary/aromatic N) is 2. The molecule has 0 bridgehead atoms. The number of rotatable bonds is 8. The van der Waals surface area contributed by atoms with Gasteiger partial charge in [0.1, 0.15) is 17.3 Å². The van der Waals surface area contributed by atoms with Gasteiger partial charge in [0.05, 0.1) is 19.1 Å². The van der Waals surface area contributed by atoms with Gasteiger partial charge in [-0.15, -0.1) is 0 Å². The molecule has 3 heterocycles. The number of hydrogen-bond acceptors (Lipinski definition) is 8. The Hall–Kier alpha value is -3.88. The Labute approximate surface area is 183 Å². The largest absolute Gasteiger partial charge is 0.497 e. The molecule has 166 valence electrons. The summed E-state index contributed by atoms with van der Waals surface area (Å²) in [6.45, 7) is 3.88. The minimum atomic E-state index is -0.292. The summed E-state index contributed by atoms with van der Waals surface area (Å²) in [5, 5.41) is 6.62. The summed E-state index contributed by atoms with van der Waals surface area (Å²) >= 11 is 0. The molecule has 0 radical (unpaired) electrons. The SMILES string of the molecule is COc1ccc(-c2oc3c(=O)cc(C)oc3c2CC(=O)NCCCc2nc(C)no2)cc1. The van der Waals surface area contributed by atoms with E-state index in [2.05, 4.69) is 15.5 Å². The molecule has 0 saturated heterocycles. The summed E-state index contributed by atoms with van der Waals surface area (Å²) in [4.78, 5) is 29.3. The van der Waals surface area contributed by atoms with E-state index in [1.165, 1.54) is 6.07 Å². The lowest BCUT2D eigenvalue weighted by Crippen LogP contribution is -2.26. The second-order valence-corrected chi connectivity index (χ2v) is 7.38. The number of carbonyl (C=O) groups is 1. The highest BCUT2D eigenvalue weighted by molar-refractivity contribution is 5.90. The number of aryl methyl sites for hydroxylation is 3. The third-order valence-corrected chi connectivity index (χ3v) is 4.93. The lowest BCUT2D eigenvalue weighted by Gasteiger charge is -2.06. The Morgan fingerprint density at radius 2 is 1.91 bits per heavy atom. The Morgan fingerprint density at radius 1 is 1.12 bits per heavy atom. The van der Waals surface area contributed by atoms with Crippen LogP contribution in [-0.4, -0.2) is 29.7 Å². The smallest absolute Gasteiger partial charge is 0.228 e. The third kappa shape index (κ3) is 4.56. The number of nitrogens with one attached hydrogen (secondary N) is 1. The standard InChI is InChI=1S/C23H23N3O6/c1-13-11-18(27)23-22(30-13)17(21(31-23)15-6-8-16(29-3)9-7-15)12-19(28)24-10-4-5-20-25-14(2)26-32-20/h6-9,11H,4-5,10,12H2,1-3H3,(H,24,28). The van der Waals surface area contributed by atoms with E-state index < -0.39 is 0 Å². The maximum Gasteiger partial charge on any atom is 0.228 e. The van der Waals surface area contributed by atoms with E-state index in [0.29, 0.717) is 59.5 Å². The van der Waals surface area contributed by atoms with Crippen molar-refractivity contribution < 1.29 is 22.9 Å². The highest BCUT2D eigenvalue weighted by atomic mass is 16.5. The molecule has 0 spiro atoms. The van der Waals surface area contributed by atoms with Crippen LogP contribution in [-0.2, 0) is 17.6 Å². The van der Waals surface area contributed by atoms with Crippen molar-refractivity contribution in [2.75, 3.05) is 13.7 Å². The van der Waals surface area contributed by atoms with Gasteiger partial charge in [0.25, 0.3) is 0 Å². The molecular formula is C23H23N3O6. The van der Waals surface area contributed by atoms with E-state index in [4.69, 9.17) is 18.1 Å². The molecule has 3 aromatic heterocycles. The van der Waals surface area contributed by atoms with Crippen molar-refractivity contribution >= 4 is 17.1 Å². The number of benzene rings is 1. The fourth-order valence-corrected chi connectivity index (χ4v) is 3.43. The number of fused-ring (bicyclic) bond motifs is 1. The van der Waals surface area contributed by atoms with Gasteiger partial charge in [0.2, 0.25) is 22.8 Å². The van der Waals surface area contributed by atoms with Crippen molar-refractivity contribution in [3.05, 3.63) is 63.6 Å². The first-order chi connectivity index (χ1) is 15.4. The van der Waals surface area contributed by atoms with Gasteiger partial charge in [0, 0.05) is 24.6 Å². The summed E-state index contributed by atoms with van der Waals surface area (Å²) in [6, 6.07) is 8.55. The Bertz CT molecular complexity index is 1300. The first-order valence-electron chi connectivity index (χ1n) is 10.2. The van der Waals surface area contributed by atoms with E-state index in [0.717, 1.165) is 0 Å². The molecule has 4 rings (SSSR count). The maximum atomic E-state index is 12.7. The van der Waals surface area contributed by atoms with Crippen LogP contribution in [0.15, 0.2) is 48.5 Å². The van der Waals surface area contributed by atoms with Crippen LogP contribution in [0, 0.1) is 13.8 Å². The van der Waals surface area contributed by atoms with Gasteiger partial charge in [0.15, 0.2) is 11.4 Å². The van der Waals surface area contributed by atoms with Gasteiger partial charge in [-0.1, -0.05) is 5.16 Å². The molecule has 1 N–H and O–H groups in total. The van der Waals surface area contributed by atoms with Crippen LogP contribution in [0.2, 0.25) is 0 Å². The average molecular weight is 437 g/mol. The van der Waals surface area contributed by atoms with Gasteiger partial charge >= 0.3 is 0 Å². The molecule has 4 aromatic rings. The molecule has 0 saturated carbocycles. The summed E-state index contributed by atoms with van der Waals surface area (Å²) in [7, 11) is 1.58. The number of hydrogen-bond donors (Lipinski definition) is 1. The van der Waals surface area contributed by atoms with Crippen LogP contribution < -0.4 is 15.5 Å². The normalized spacial score (nSPS) is 11.1. The van der Waals surface area contributed by atoms with Crippen molar-refractivity contribution in [1.82, 2.24) is 15.5 Å². The van der Waals surface area contributed by atoms with E-state index in [9.17, 15) is 9.59 Å². The van der Waals surface area contributed by atoms with Crippen LogP contribution in [0.25, 0.3) is 22.5 Å². The summed E-state index contributed by atoms with van der Waals surface area (Å²) in [6.07, 6.45) is 1.22. The molecule has 0 fully saturated rings. The molecule has 0 unspecified atom stereocenters. The average Bonchev–Trinajstić information content (AvgIpc) is 3.35. The van der Waals surface area contributed by atoms with Gasteiger partial charge in [-0.25, -0.2) is 0 Å². The van der Waals surface area contributed by atoms with E-state index in [1.54, 1.807) is 33.1 Å². The number of furan rings is 1. The third-order valence-electron chi connectivity index (χ3n) is 4.93. The van der Waals surface area contributed by atoms with E-state index in [-0.39, 0.29) is 28.9 Å². The van der Waals surface area contributed by atoms with Gasteiger partial charge in [-0.05, 0) is 44.5 Å². The summed E-state index contributed by atoms with van der Waals surface area (Å²) in [5.41, 5.74) is 1.33. The number of amides is 1. The van der Waals surface area contributed by atoms with Crippen molar-refractivity contribution in [2.24, 2.45) is 0 Å². The van der Waals surface area contributed by atoms with Gasteiger partial charge in [-0.2, -0.15) is 4.98 Å². The molecule has 32 heavy (non-hydrogen) atoms. The predicted octanol–water partition coefficient (Wildman–Crippen LogP) is 3.35. The van der Waals surface area contributed by atoms with Crippen LogP contribution in [0.5, 0.6) is 5.75 Å². The van der Waals surface area contributed by atoms with Gasteiger partial charge in [-0.3, -0.25) is 9.59 Å². The molecule has 0 aliphatic rings. The number of ether oxygens (including phenoxy) is 1. The van der Waals surface area contributed by atoms with Crippen molar-refractivity contribution in [2.45, 2.75) is 33.1 Å². The molecule has 0 aliphatic heterocycles. The molecule has 1 amide bonds. The lowest BCUT2D eigenvalue weighted by molar-refractivity contribution is -0.120. The first-order valence-corrected chi connectivity index (χ1v) is 10.2. The van der Waals surface area contributed by atoms with Crippen molar-refractivity contribution in [3.63, 3.8) is 0 Å². The molecule has 9 nitrogen and oxygen atoms in total. The van der Waals surface area contributed by atoms with Crippen LogP contribution >= 0.6 is 0 Å². The van der Waals surface area contributed by atoms with Gasteiger partial charge < -0.3 is 23.4 Å². The van der Waals surface area contributed by atoms with E-state index >= 15 is 0 Å². The molecule has 1 aromatic carbocycles. The van der Waals surface area contributed by atoms with Crippen molar-refractivity contribution in [1.29, 1.82) is 0 Å². The highest BCUT2D eigenvalue weighted by Crippen LogP contribution is 2.34. The Morgan fingerprint density at radius 3 is 2.59 bits per heavy atom. The second kappa shape index (κ2) is 9.09. The topological polar surface area (TPSA) is 121 Å². The molecule has 0 atom stereocenters. The zero-order valence-corrected chi connectivity index (χ0v) is 18.1. The minimum absolute atomic E-state index is 0.000418. The quantitative estimate of drug-likeness (QED) is 0.417. The zero-order chi connectivity index (χ0) is 22.7. The van der Waals surface area contributed by atoms with Crippen LogP contribution in [0.4, 0.5) is 0 Å². The number of carbonyl (C=O) groups excluding carboxylic acids is 1. The molecule has 0 aliphatic carbocycles. The lowest BCUT2D eigenvalue weighted by atomic mass is 10.1. The van der Waals surface area contributed by atoms with Crippen molar-refractivity contribution in [3.8, 4) is 17.1 Å². The monoisotopic (exact) mass is 437 g/mol. The second-order valence-electron chi connectivity index (χ2n) is 7.38. The van der Waals surface area contributed by atoms with E-state index in [1.807, 2.05) is 12.1 Å². The molecule has 9 heteroatoms. The fourth-order valence-electron chi connectivity index (χ4n) is 3.43.